The molecule has 0 saturated heterocycles. The fraction of sp³-hybridized carbons (Fsp3) is 0.350. The molecule has 2 aromatic carbocycles. The second kappa shape index (κ2) is 12.3. The van der Waals surface area contributed by atoms with Crippen LogP contribution in [0.25, 0.3) is 33.6 Å². The molecule has 4 heterocycles. The first-order valence-electron chi connectivity index (χ1n) is 16.0. The molecule has 0 spiro atoms. The zero-order valence-corrected chi connectivity index (χ0v) is 31.4. The molecule has 0 aliphatic heterocycles. The summed E-state index contributed by atoms with van der Waals surface area (Å²) in [6, 6.07) is 22.9. The molecule has 7 heteroatoms. The van der Waals surface area contributed by atoms with E-state index in [9.17, 15) is 4.79 Å². The molecule has 4 aromatic heterocycles. The molecule has 0 saturated carbocycles. The van der Waals surface area contributed by atoms with Gasteiger partial charge in [0.25, 0.3) is 5.56 Å². The smallest absolute Gasteiger partial charge is 0.348 e. The topological polar surface area (TPSA) is 65.2 Å². The van der Waals surface area contributed by atoms with Crippen molar-refractivity contribution in [2.75, 3.05) is 0 Å². The standard InChI is InChI=1S/C22H26N3O.C18H17N2.Ir/c1-20(2,3)15-9-8-13-14(23-15)10-11-25-17-16(19(26)24-18(13)25)21(4,5)12-22(17,6)7;1-13-11-14(2)17(15(3)12-13)20-10-9-19-18(20)16-7-5-4-6-8-16;/h9-11H,12H2,1-7H3;4-7,9-12H,1-3H3;/q2*-1;+3. The van der Waals surface area contributed by atoms with Gasteiger partial charge in [0.05, 0.1) is 11.5 Å². The quantitative estimate of drug-likeness (QED) is 0.103. The van der Waals surface area contributed by atoms with Gasteiger partial charge in [-0.15, -0.1) is 48.0 Å². The summed E-state index contributed by atoms with van der Waals surface area (Å²) in [5.74, 6) is 0.931. The van der Waals surface area contributed by atoms with E-state index in [2.05, 4.69) is 112 Å². The number of rotatable bonds is 2. The molecule has 0 unspecified atom stereocenters. The number of fused-ring (bicyclic) bond motifs is 5. The van der Waals surface area contributed by atoms with Crippen LogP contribution in [0.1, 0.15) is 88.5 Å². The molecular weight excluding hydrogens is 759 g/mol. The predicted octanol–water partition coefficient (Wildman–Crippen LogP) is 7.61. The molecule has 7 rings (SSSR count). The summed E-state index contributed by atoms with van der Waals surface area (Å²) in [5.41, 5.74) is 10.0. The first kappa shape index (κ1) is 34.4. The minimum absolute atomic E-state index is 0. The van der Waals surface area contributed by atoms with E-state index < -0.39 is 0 Å². The second-order valence-electron chi connectivity index (χ2n) is 15.0. The molecule has 47 heavy (non-hydrogen) atoms. The van der Waals surface area contributed by atoms with E-state index in [1.807, 2.05) is 55.0 Å². The maximum atomic E-state index is 12.9. The summed E-state index contributed by atoms with van der Waals surface area (Å²) in [5, 5.41) is 0.806. The summed E-state index contributed by atoms with van der Waals surface area (Å²) in [6.45, 7) is 21.5. The van der Waals surface area contributed by atoms with Gasteiger partial charge < -0.3 is 14.0 Å². The molecule has 1 aliphatic carbocycles. The van der Waals surface area contributed by atoms with Crippen LogP contribution in [0.15, 0.2) is 71.9 Å². The average Bonchev–Trinajstić information content (AvgIpc) is 3.52. The Kier molecular flexibility index (Phi) is 8.98. The Morgan fingerprint density at radius 3 is 2.30 bits per heavy atom. The van der Waals surface area contributed by atoms with Gasteiger partial charge in [-0.3, -0.25) is 9.78 Å². The molecule has 0 radical (unpaired) electrons. The number of aromatic nitrogens is 5. The van der Waals surface area contributed by atoms with Gasteiger partial charge in [-0.1, -0.05) is 77.6 Å². The zero-order chi connectivity index (χ0) is 33.2. The fourth-order valence-corrected chi connectivity index (χ4v) is 7.44. The molecule has 0 bridgehead atoms. The Morgan fingerprint density at radius 1 is 0.957 bits per heavy atom. The van der Waals surface area contributed by atoms with Crippen molar-refractivity contribution in [2.45, 2.75) is 91.9 Å². The van der Waals surface area contributed by atoms with Crippen LogP contribution in [-0.2, 0) is 36.4 Å². The van der Waals surface area contributed by atoms with Crippen LogP contribution < -0.4 is 15.1 Å². The van der Waals surface area contributed by atoms with Crippen molar-refractivity contribution >= 4 is 16.6 Å². The second-order valence-corrected chi connectivity index (χ2v) is 15.0. The number of aryl methyl sites for hydroxylation is 3. The first-order chi connectivity index (χ1) is 21.6. The normalized spacial score (nSPS) is 14.8. The third kappa shape index (κ3) is 6.24. The maximum absolute atomic E-state index is 12.9. The Balaban J connectivity index is 0.000000187. The SMILES string of the molecule is CC(C)(C)c1c[c-]c2c(ccn3c4c(c(=O)nc23)C(C)(C)CC4(C)C)n1.Cc1cc(C)c(-[n+]2cc[n-]c2-c2[c-]cccc2)c(C)c1.[Ir+3]. The van der Waals surface area contributed by atoms with Gasteiger partial charge >= 0.3 is 20.1 Å². The van der Waals surface area contributed by atoms with Gasteiger partial charge in [0.2, 0.25) is 0 Å². The van der Waals surface area contributed by atoms with Crippen molar-refractivity contribution in [1.29, 1.82) is 0 Å². The van der Waals surface area contributed by atoms with Crippen molar-refractivity contribution in [2.24, 2.45) is 0 Å². The van der Waals surface area contributed by atoms with Crippen LogP contribution >= 0.6 is 0 Å². The van der Waals surface area contributed by atoms with Crippen molar-refractivity contribution < 1.29 is 24.7 Å². The molecule has 0 amide bonds. The summed E-state index contributed by atoms with van der Waals surface area (Å²) < 4.78 is 4.23. The number of nitrogens with zero attached hydrogens (tertiary/aromatic N) is 5. The van der Waals surface area contributed by atoms with Crippen LogP contribution in [0, 0.1) is 32.9 Å². The van der Waals surface area contributed by atoms with Crippen LogP contribution in [0.3, 0.4) is 0 Å². The van der Waals surface area contributed by atoms with E-state index in [0.717, 1.165) is 45.7 Å². The Hall–Kier alpha value is -3.93. The van der Waals surface area contributed by atoms with E-state index in [1.165, 1.54) is 22.4 Å². The van der Waals surface area contributed by atoms with Gasteiger partial charge in [-0.25, -0.2) is 4.98 Å². The monoisotopic (exact) mass is 802 g/mol. The van der Waals surface area contributed by atoms with E-state index >= 15 is 0 Å². The van der Waals surface area contributed by atoms with Gasteiger partial charge in [-0.05, 0) is 66.6 Å². The van der Waals surface area contributed by atoms with Crippen LogP contribution in [-0.4, -0.2) is 14.4 Å². The van der Waals surface area contributed by atoms with E-state index in [0.29, 0.717) is 5.65 Å². The number of pyridine rings is 2. The molecule has 0 atom stereocenters. The summed E-state index contributed by atoms with van der Waals surface area (Å²) >= 11 is 0. The average molecular weight is 802 g/mol. The van der Waals surface area contributed by atoms with Crippen LogP contribution in [0.5, 0.6) is 0 Å². The number of hydrogen-bond donors (Lipinski definition) is 0. The summed E-state index contributed by atoms with van der Waals surface area (Å²) in [7, 11) is 0. The molecule has 6 nitrogen and oxygen atoms in total. The van der Waals surface area contributed by atoms with Crippen molar-refractivity contribution in [3.63, 3.8) is 0 Å². The first-order valence-corrected chi connectivity index (χ1v) is 16.0. The minimum Gasteiger partial charge on any atom is -0.348 e. The largest absolute Gasteiger partial charge is 3.00 e. The fourth-order valence-electron chi connectivity index (χ4n) is 7.44. The number of benzene rings is 2. The van der Waals surface area contributed by atoms with Gasteiger partial charge in [0.1, 0.15) is 0 Å². The molecule has 0 fully saturated rings. The van der Waals surface area contributed by atoms with Crippen LogP contribution in [0.2, 0.25) is 0 Å². The predicted molar refractivity (Wildman–Crippen MR) is 185 cm³/mol. The van der Waals surface area contributed by atoms with Gasteiger partial charge in [-0.2, -0.15) is 0 Å². The number of imidazole rings is 1. The summed E-state index contributed by atoms with van der Waals surface area (Å²) in [6.07, 6.45) is 6.80. The third-order valence-corrected chi connectivity index (χ3v) is 9.02. The van der Waals surface area contributed by atoms with Gasteiger partial charge in [0.15, 0.2) is 0 Å². The minimum atomic E-state index is -0.170. The molecule has 6 aromatic rings. The Labute approximate surface area is 291 Å². The third-order valence-electron chi connectivity index (χ3n) is 9.02. The van der Waals surface area contributed by atoms with Crippen molar-refractivity contribution in [1.82, 2.24) is 19.4 Å². The molecule has 242 valence electrons. The van der Waals surface area contributed by atoms with E-state index in [4.69, 9.17) is 4.98 Å². The zero-order valence-electron chi connectivity index (χ0n) is 29.0. The molecule has 0 N–H and O–H groups in total. The van der Waals surface area contributed by atoms with Crippen molar-refractivity contribution in [3.05, 3.63) is 123 Å². The maximum Gasteiger partial charge on any atom is 3.00 e. The van der Waals surface area contributed by atoms with E-state index in [1.54, 1.807) is 0 Å². The molecule has 1 aliphatic rings. The Morgan fingerprint density at radius 2 is 1.66 bits per heavy atom. The van der Waals surface area contributed by atoms with Gasteiger partial charge in [0, 0.05) is 34.8 Å². The Bertz CT molecular complexity index is 2140. The molecular formula is C40H43IrN5O+. The van der Waals surface area contributed by atoms with Crippen LogP contribution in [0.4, 0.5) is 0 Å². The number of hydrogen-bond acceptors (Lipinski definition) is 3. The van der Waals surface area contributed by atoms with Crippen molar-refractivity contribution in [3.8, 4) is 17.1 Å². The van der Waals surface area contributed by atoms with E-state index in [-0.39, 0.29) is 41.9 Å². The summed E-state index contributed by atoms with van der Waals surface area (Å²) in [4.78, 5) is 26.7.